The van der Waals surface area contributed by atoms with Crippen molar-refractivity contribution in [1.82, 2.24) is 0 Å². The summed E-state index contributed by atoms with van der Waals surface area (Å²) in [6.07, 6.45) is 5.66. The van der Waals surface area contributed by atoms with Gasteiger partial charge in [-0.25, -0.2) is 0 Å². The quantitative estimate of drug-likeness (QED) is 0.410. The molecule has 0 aromatic rings. The van der Waals surface area contributed by atoms with Gasteiger partial charge in [-0.05, 0) is 12.2 Å². The van der Waals surface area contributed by atoms with Gasteiger partial charge in [-0.1, -0.05) is 12.8 Å². The fourth-order valence-corrected chi connectivity index (χ4v) is 0.283. The number of ether oxygens (including phenoxy) is 1. The number of terminal acetylenes is 1. The van der Waals surface area contributed by atoms with Crippen molar-refractivity contribution in [3.63, 3.8) is 0 Å². The fourth-order valence-electron chi connectivity index (χ4n) is 0.224. The largest absolute Gasteiger partial charge is 0.474 e. The molecule has 2 heteroatoms. The molecule has 0 N–H and O–H groups in total. The number of hydrogen-bond acceptors (Lipinski definition) is 2. The molecule has 0 atom stereocenters. The van der Waals surface area contributed by atoms with Gasteiger partial charge in [0, 0.05) is 6.42 Å². The molecule has 0 unspecified atom stereocenters. The van der Waals surface area contributed by atoms with Crippen LogP contribution in [0.3, 0.4) is 0 Å². The van der Waals surface area contributed by atoms with Gasteiger partial charge in [-0.3, -0.25) is 0 Å². The van der Waals surface area contributed by atoms with E-state index in [0.717, 1.165) is 6.42 Å². The zero-order chi connectivity index (χ0) is 6.41. The van der Waals surface area contributed by atoms with Gasteiger partial charge in [0.1, 0.15) is 6.61 Å². The summed E-state index contributed by atoms with van der Waals surface area (Å²) >= 11 is 4.70. The lowest BCUT2D eigenvalue weighted by Gasteiger charge is -1.97. The van der Waals surface area contributed by atoms with Gasteiger partial charge < -0.3 is 4.74 Å². The lowest BCUT2D eigenvalue weighted by molar-refractivity contribution is 0.359. The van der Waals surface area contributed by atoms with Crippen molar-refractivity contribution in [3.05, 3.63) is 0 Å². The van der Waals surface area contributed by atoms with Crippen LogP contribution in [0.4, 0.5) is 0 Å². The van der Waals surface area contributed by atoms with Crippen LogP contribution in [0.15, 0.2) is 0 Å². The Morgan fingerprint density at radius 2 is 2.50 bits per heavy atom. The summed E-state index contributed by atoms with van der Waals surface area (Å²) in [7, 11) is 0. The first-order valence-electron chi connectivity index (χ1n) is 2.40. The van der Waals surface area contributed by atoms with Gasteiger partial charge >= 0.3 is 0 Å². The third-order valence-electron chi connectivity index (χ3n) is 0.605. The van der Waals surface area contributed by atoms with E-state index in [9.17, 15) is 0 Å². The topological polar surface area (TPSA) is 9.23 Å². The minimum Gasteiger partial charge on any atom is -0.474 e. The molecule has 0 spiro atoms. The summed E-state index contributed by atoms with van der Waals surface area (Å²) in [5, 5.41) is 0.586. The molecule has 0 aromatic carbocycles. The van der Waals surface area contributed by atoms with Crippen LogP contribution in [-0.2, 0) is 4.74 Å². The Hall–Kier alpha value is -0.550. The zero-order valence-electron chi connectivity index (χ0n) is 4.81. The molecule has 0 bridgehead atoms. The standard InChI is InChI=1S/C6H8OS/c1-3-5-7-6(8)4-2/h1H,4-5H2,2H3. The van der Waals surface area contributed by atoms with Crippen LogP contribution in [-0.4, -0.2) is 11.7 Å². The summed E-state index contributed by atoms with van der Waals surface area (Å²) in [4.78, 5) is 0. The van der Waals surface area contributed by atoms with E-state index >= 15 is 0 Å². The van der Waals surface area contributed by atoms with E-state index in [1.807, 2.05) is 6.92 Å². The van der Waals surface area contributed by atoms with Crippen LogP contribution in [0.1, 0.15) is 13.3 Å². The normalized spacial score (nSPS) is 7.50. The zero-order valence-corrected chi connectivity index (χ0v) is 5.62. The first-order chi connectivity index (χ1) is 3.81. The maximum atomic E-state index is 4.90. The third kappa shape index (κ3) is 3.63. The van der Waals surface area contributed by atoms with Crippen LogP contribution in [0.2, 0.25) is 0 Å². The van der Waals surface area contributed by atoms with Crippen LogP contribution < -0.4 is 0 Å². The monoisotopic (exact) mass is 128 g/mol. The van der Waals surface area contributed by atoms with Crippen LogP contribution >= 0.6 is 12.2 Å². The fraction of sp³-hybridized carbons (Fsp3) is 0.500. The molecule has 0 aliphatic heterocycles. The lowest BCUT2D eigenvalue weighted by Crippen LogP contribution is -1.98. The molecule has 0 aliphatic rings. The molecule has 0 saturated carbocycles. The van der Waals surface area contributed by atoms with Crippen molar-refractivity contribution in [2.45, 2.75) is 13.3 Å². The summed E-state index contributed by atoms with van der Waals surface area (Å²) < 4.78 is 4.84. The molecule has 44 valence electrons. The third-order valence-corrected chi connectivity index (χ3v) is 1.01. The Bertz CT molecular complexity index is 112. The number of rotatable bonds is 2. The predicted octanol–water partition coefficient (Wildman–Crippen LogP) is 1.37. The summed E-state index contributed by atoms with van der Waals surface area (Å²) in [5.41, 5.74) is 0. The van der Waals surface area contributed by atoms with E-state index in [-0.39, 0.29) is 0 Å². The van der Waals surface area contributed by atoms with E-state index in [1.165, 1.54) is 0 Å². The van der Waals surface area contributed by atoms with Gasteiger partial charge in [-0.15, -0.1) is 6.42 Å². The van der Waals surface area contributed by atoms with E-state index in [0.29, 0.717) is 11.7 Å². The van der Waals surface area contributed by atoms with Crippen LogP contribution in [0.25, 0.3) is 0 Å². The maximum Gasteiger partial charge on any atom is 0.160 e. The summed E-state index contributed by atoms with van der Waals surface area (Å²) in [5.74, 6) is 2.32. The Kier molecular flexibility index (Phi) is 4.29. The Balaban J connectivity index is 3.15. The average Bonchev–Trinajstić information content (AvgIpc) is 1.83. The van der Waals surface area contributed by atoms with Crippen molar-refractivity contribution in [2.75, 3.05) is 6.61 Å². The highest BCUT2D eigenvalue weighted by Gasteiger charge is 1.86. The second-order valence-corrected chi connectivity index (χ2v) is 1.67. The molecule has 0 aliphatic carbocycles. The Morgan fingerprint density at radius 3 is 2.88 bits per heavy atom. The summed E-state index contributed by atoms with van der Waals surface area (Å²) in [6, 6.07) is 0. The molecule has 1 nitrogen and oxygen atoms in total. The van der Waals surface area contributed by atoms with E-state index < -0.39 is 0 Å². The molecular weight excluding hydrogens is 120 g/mol. The maximum absolute atomic E-state index is 4.90. The first kappa shape index (κ1) is 7.45. The Labute approximate surface area is 55.0 Å². The van der Waals surface area contributed by atoms with E-state index in [1.54, 1.807) is 0 Å². The second-order valence-electron chi connectivity index (χ2n) is 1.22. The molecular formula is C6H8OS. The minimum atomic E-state index is 0.298. The molecule has 0 aromatic heterocycles. The highest BCUT2D eigenvalue weighted by atomic mass is 32.1. The molecule has 0 fully saturated rings. The average molecular weight is 128 g/mol. The molecule has 0 heterocycles. The highest BCUT2D eigenvalue weighted by Crippen LogP contribution is 1.85. The molecule has 0 saturated heterocycles. The number of hydrogen-bond donors (Lipinski definition) is 0. The molecule has 8 heavy (non-hydrogen) atoms. The molecule has 0 rings (SSSR count). The summed E-state index contributed by atoms with van der Waals surface area (Å²) in [6.45, 7) is 2.23. The smallest absolute Gasteiger partial charge is 0.160 e. The van der Waals surface area contributed by atoms with Crippen molar-refractivity contribution in [3.8, 4) is 12.3 Å². The van der Waals surface area contributed by atoms with Crippen molar-refractivity contribution in [2.24, 2.45) is 0 Å². The number of thiocarbonyl (C=S) groups is 1. The van der Waals surface area contributed by atoms with Crippen molar-refractivity contribution in [1.29, 1.82) is 0 Å². The second kappa shape index (κ2) is 4.61. The Morgan fingerprint density at radius 1 is 1.88 bits per heavy atom. The van der Waals surface area contributed by atoms with Crippen molar-refractivity contribution < 1.29 is 4.74 Å². The van der Waals surface area contributed by atoms with Gasteiger partial charge in [-0.2, -0.15) is 0 Å². The minimum absolute atomic E-state index is 0.298. The van der Waals surface area contributed by atoms with Crippen LogP contribution in [0.5, 0.6) is 0 Å². The van der Waals surface area contributed by atoms with Crippen LogP contribution in [0, 0.1) is 12.3 Å². The van der Waals surface area contributed by atoms with Gasteiger partial charge in [0.25, 0.3) is 0 Å². The predicted molar refractivity (Wildman–Crippen MR) is 37.7 cm³/mol. The van der Waals surface area contributed by atoms with Crippen molar-refractivity contribution >= 4 is 17.3 Å². The van der Waals surface area contributed by atoms with Gasteiger partial charge in [0.15, 0.2) is 5.05 Å². The molecule has 0 amide bonds. The highest BCUT2D eigenvalue weighted by molar-refractivity contribution is 7.80. The lowest BCUT2D eigenvalue weighted by atomic mass is 10.5. The first-order valence-corrected chi connectivity index (χ1v) is 2.81. The molecule has 0 radical (unpaired) electrons. The van der Waals surface area contributed by atoms with E-state index in [4.69, 9.17) is 23.4 Å². The van der Waals surface area contributed by atoms with Gasteiger partial charge in [0.2, 0.25) is 0 Å². The SMILES string of the molecule is C#CCOC(=S)CC. The van der Waals surface area contributed by atoms with E-state index in [2.05, 4.69) is 5.92 Å². The van der Waals surface area contributed by atoms with Gasteiger partial charge in [0.05, 0.1) is 0 Å².